The maximum atomic E-state index is 12.6. The highest BCUT2D eigenvalue weighted by Gasteiger charge is 2.54. The Labute approximate surface area is 109 Å². The Balaban J connectivity index is 1.73. The van der Waals surface area contributed by atoms with E-state index in [2.05, 4.69) is 5.32 Å². The number of rotatable bonds is 4. The summed E-state index contributed by atoms with van der Waals surface area (Å²) in [4.78, 5) is 12.6. The molecular weight excluding hydrogens is 226 g/mol. The monoisotopic (exact) mass is 251 g/mol. The average molecular weight is 251 g/mol. The van der Waals surface area contributed by atoms with E-state index in [0.717, 1.165) is 43.4 Å². The van der Waals surface area contributed by atoms with Crippen molar-refractivity contribution in [1.29, 1.82) is 0 Å². The Morgan fingerprint density at radius 2 is 1.72 bits per heavy atom. The summed E-state index contributed by atoms with van der Waals surface area (Å²) >= 11 is 0. The van der Waals surface area contributed by atoms with Crippen molar-refractivity contribution in [3.05, 3.63) is 0 Å². The average Bonchev–Trinajstić information content (AvgIpc) is 2.34. The van der Waals surface area contributed by atoms with Crippen molar-refractivity contribution in [2.24, 2.45) is 23.2 Å². The van der Waals surface area contributed by atoms with E-state index in [1.807, 2.05) is 6.92 Å². The predicted molar refractivity (Wildman–Crippen MR) is 69.9 cm³/mol. The fourth-order valence-corrected chi connectivity index (χ4v) is 5.00. The molecule has 0 heterocycles. The highest BCUT2D eigenvalue weighted by atomic mass is 16.3. The van der Waals surface area contributed by atoms with Gasteiger partial charge in [-0.3, -0.25) is 4.79 Å². The van der Waals surface area contributed by atoms with Crippen molar-refractivity contribution in [2.45, 2.75) is 57.9 Å². The van der Waals surface area contributed by atoms with E-state index in [-0.39, 0.29) is 24.0 Å². The lowest BCUT2D eigenvalue weighted by atomic mass is 9.49. The van der Waals surface area contributed by atoms with Gasteiger partial charge in [0.2, 0.25) is 5.91 Å². The van der Waals surface area contributed by atoms with Gasteiger partial charge in [-0.05, 0) is 62.7 Å². The fraction of sp³-hybridized carbons (Fsp3) is 0.933. The lowest BCUT2D eigenvalue weighted by molar-refractivity contribution is -0.147. The maximum absolute atomic E-state index is 12.6. The number of nitrogens with one attached hydrogen (secondary N) is 1. The Bertz CT molecular complexity index is 300. The first kappa shape index (κ1) is 12.5. The van der Waals surface area contributed by atoms with Gasteiger partial charge in [0, 0.05) is 5.41 Å². The second-order valence-electron chi connectivity index (χ2n) is 6.96. The molecule has 0 aliphatic heterocycles. The molecule has 1 amide bonds. The van der Waals surface area contributed by atoms with Crippen LogP contribution in [-0.4, -0.2) is 23.7 Å². The lowest BCUT2D eigenvalue weighted by Crippen LogP contribution is -2.55. The molecule has 2 N–H and O–H groups in total. The molecule has 0 aromatic rings. The molecule has 4 aliphatic rings. The summed E-state index contributed by atoms with van der Waals surface area (Å²) in [6.45, 7) is 2.08. The van der Waals surface area contributed by atoms with Crippen LogP contribution in [0.5, 0.6) is 0 Å². The van der Waals surface area contributed by atoms with E-state index in [1.165, 1.54) is 19.3 Å². The summed E-state index contributed by atoms with van der Waals surface area (Å²) < 4.78 is 0. The Kier molecular flexibility index (Phi) is 3.13. The number of aliphatic hydroxyl groups is 1. The standard InChI is InChI=1S/C15H25NO2/c1-2-13(9-17)16-14(18)15-6-10-3-11(7-15)5-12(4-10)8-15/h10-13,17H,2-9H2,1H3,(H,16,18)/t10?,11?,12?,13-,15?/m1/s1. The van der Waals surface area contributed by atoms with Crippen LogP contribution in [0.3, 0.4) is 0 Å². The first-order valence-corrected chi connectivity index (χ1v) is 7.57. The summed E-state index contributed by atoms with van der Waals surface area (Å²) in [5.41, 5.74) is -0.0721. The molecule has 18 heavy (non-hydrogen) atoms. The first-order valence-electron chi connectivity index (χ1n) is 7.57. The number of aliphatic hydroxyl groups excluding tert-OH is 1. The van der Waals surface area contributed by atoms with Crippen LogP contribution in [0.1, 0.15) is 51.9 Å². The second kappa shape index (κ2) is 4.52. The highest BCUT2D eigenvalue weighted by Crippen LogP contribution is 2.60. The third kappa shape index (κ3) is 1.97. The van der Waals surface area contributed by atoms with Gasteiger partial charge < -0.3 is 10.4 Å². The molecule has 0 aromatic carbocycles. The molecule has 1 atom stereocenters. The van der Waals surface area contributed by atoms with Crippen LogP contribution in [0.2, 0.25) is 0 Å². The number of carbonyl (C=O) groups is 1. The van der Waals surface area contributed by atoms with Crippen molar-refractivity contribution >= 4 is 5.91 Å². The van der Waals surface area contributed by atoms with Gasteiger partial charge in [0.25, 0.3) is 0 Å². The maximum Gasteiger partial charge on any atom is 0.226 e. The Morgan fingerprint density at radius 1 is 1.22 bits per heavy atom. The minimum Gasteiger partial charge on any atom is -0.394 e. The molecule has 3 nitrogen and oxygen atoms in total. The molecule has 3 heteroatoms. The van der Waals surface area contributed by atoms with E-state index in [0.29, 0.717) is 0 Å². The molecule has 0 spiro atoms. The van der Waals surface area contributed by atoms with Crippen LogP contribution in [-0.2, 0) is 4.79 Å². The zero-order chi connectivity index (χ0) is 12.8. The summed E-state index contributed by atoms with van der Waals surface area (Å²) in [5, 5.41) is 12.3. The quantitative estimate of drug-likeness (QED) is 0.804. The van der Waals surface area contributed by atoms with E-state index in [1.54, 1.807) is 0 Å². The fourth-order valence-electron chi connectivity index (χ4n) is 5.00. The number of hydrogen-bond donors (Lipinski definition) is 2. The number of amides is 1. The lowest BCUT2D eigenvalue weighted by Gasteiger charge is -2.55. The van der Waals surface area contributed by atoms with Crippen LogP contribution in [0.15, 0.2) is 0 Å². The van der Waals surface area contributed by atoms with Crippen LogP contribution in [0.4, 0.5) is 0 Å². The van der Waals surface area contributed by atoms with E-state index < -0.39 is 0 Å². The third-order valence-corrected chi connectivity index (χ3v) is 5.57. The minimum atomic E-state index is -0.0721. The van der Waals surface area contributed by atoms with Gasteiger partial charge in [-0.1, -0.05) is 6.92 Å². The van der Waals surface area contributed by atoms with Crippen molar-refractivity contribution in [3.63, 3.8) is 0 Å². The minimum absolute atomic E-state index is 0.0505. The van der Waals surface area contributed by atoms with Crippen LogP contribution in [0, 0.1) is 23.2 Å². The predicted octanol–water partition coefficient (Wildman–Crippen LogP) is 2.09. The van der Waals surface area contributed by atoms with Crippen molar-refractivity contribution in [1.82, 2.24) is 5.32 Å². The molecule has 4 rings (SSSR count). The van der Waals surface area contributed by atoms with Crippen molar-refractivity contribution < 1.29 is 9.90 Å². The zero-order valence-corrected chi connectivity index (χ0v) is 11.3. The van der Waals surface area contributed by atoms with E-state index >= 15 is 0 Å². The molecule has 102 valence electrons. The molecule has 0 saturated heterocycles. The van der Waals surface area contributed by atoms with Crippen molar-refractivity contribution in [3.8, 4) is 0 Å². The van der Waals surface area contributed by atoms with Gasteiger partial charge >= 0.3 is 0 Å². The molecule has 0 radical (unpaired) electrons. The topological polar surface area (TPSA) is 49.3 Å². The Hall–Kier alpha value is -0.570. The zero-order valence-electron chi connectivity index (χ0n) is 11.3. The summed E-state index contributed by atoms with van der Waals surface area (Å²) in [5.74, 6) is 2.64. The molecule has 0 unspecified atom stereocenters. The van der Waals surface area contributed by atoms with Crippen LogP contribution >= 0.6 is 0 Å². The smallest absolute Gasteiger partial charge is 0.226 e. The normalized spacial score (nSPS) is 42.9. The third-order valence-electron chi connectivity index (χ3n) is 5.57. The number of carbonyl (C=O) groups excluding carboxylic acids is 1. The highest BCUT2D eigenvalue weighted by molar-refractivity contribution is 5.83. The van der Waals surface area contributed by atoms with Gasteiger partial charge in [0.1, 0.15) is 0 Å². The van der Waals surface area contributed by atoms with Crippen LogP contribution < -0.4 is 5.32 Å². The first-order chi connectivity index (χ1) is 8.65. The SMILES string of the molecule is CC[C@H](CO)NC(=O)C12CC3CC(CC(C3)C1)C2. The molecule has 4 fully saturated rings. The van der Waals surface area contributed by atoms with Gasteiger partial charge in [-0.15, -0.1) is 0 Å². The summed E-state index contributed by atoms with van der Waals surface area (Å²) in [6.07, 6.45) is 8.22. The van der Waals surface area contributed by atoms with Gasteiger partial charge in [-0.25, -0.2) is 0 Å². The van der Waals surface area contributed by atoms with Gasteiger partial charge in [0.15, 0.2) is 0 Å². The largest absolute Gasteiger partial charge is 0.394 e. The molecule has 4 saturated carbocycles. The summed E-state index contributed by atoms with van der Waals surface area (Å²) in [6, 6.07) is -0.0505. The molecule has 0 aromatic heterocycles. The van der Waals surface area contributed by atoms with Crippen molar-refractivity contribution in [2.75, 3.05) is 6.61 Å². The Morgan fingerprint density at radius 3 is 2.11 bits per heavy atom. The molecule has 4 bridgehead atoms. The van der Waals surface area contributed by atoms with Gasteiger partial charge in [0.05, 0.1) is 12.6 Å². The van der Waals surface area contributed by atoms with Gasteiger partial charge in [-0.2, -0.15) is 0 Å². The number of hydrogen-bond acceptors (Lipinski definition) is 2. The van der Waals surface area contributed by atoms with E-state index in [4.69, 9.17) is 0 Å². The molecule has 4 aliphatic carbocycles. The summed E-state index contributed by atoms with van der Waals surface area (Å²) in [7, 11) is 0. The molecular formula is C15H25NO2. The van der Waals surface area contributed by atoms with Crippen LogP contribution in [0.25, 0.3) is 0 Å². The van der Waals surface area contributed by atoms with E-state index in [9.17, 15) is 9.90 Å². The second-order valence-corrected chi connectivity index (χ2v) is 6.96.